The number of benzene rings is 1. The van der Waals surface area contributed by atoms with Gasteiger partial charge in [-0.2, -0.15) is 0 Å². The van der Waals surface area contributed by atoms with Gasteiger partial charge in [0.2, 0.25) is 5.91 Å². The number of nitrogens with zero attached hydrogens (tertiary/aromatic N) is 2. The SMILES string of the molecule is COC(=O)CCCC(=O)N1CCC2(CCCN(Cc3cc(OC)ccc3F)C2)C1. The van der Waals surface area contributed by atoms with Crippen molar-refractivity contribution in [1.29, 1.82) is 0 Å². The Hall–Kier alpha value is -2.15. The summed E-state index contributed by atoms with van der Waals surface area (Å²) in [5.41, 5.74) is 0.737. The first-order valence-corrected chi connectivity index (χ1v) is 10.3. The second kappa shape index (κ2) is 9.57. The van der Waals surface area contributed by atoms with E-state index in [1.54, 1.807) is 19.2 Å². The van der Waals surface area contributed by atoms with E-state index < -0.39 is 0 Å². The summed E-state index contributed by atoms with van der Waals surface area (Å²) in [6.45, 7) is 3.87. The molecular weight excluding hydrogens is 375 g/mol. The second-order valence-corrected chi connectivity index (χ2v) is 8.27. The molecule has 160 valence electrons. The fourth-order valence-electron chi connectivity index (χ4n) is 4.61. The number of carbonyl (C=O) groups is 2. The molecule has 2 fully saturated rings. The molecule has 0 aromatic heterocycles. The lowest BCUT2D eigenvalue weighted by Crippen LogP contribution is -2.45. The summed E-state index contributed by atoms with van der Waals surface area (Å²) in [7, 11) is 2.95. The van der Waals surface area contributed by atoms with Crippen LogP contribution in [0.2, 0.25) is 0 Å². The minimum absolute atomic E-state index is 0.0889. The Morgan fingerprint density at radius 1 is 1.14 bits per heavy atom. The number of rotatable bonds is 7. The molecule has 1 unspecified atom stereocenters. The number of halogens is 1. The minimum atomic E-state index is -0.275. The number of hydrogen-bond acceptors (Lipinski definition) is 5. The highest BCUT2D eigenvalue weighted by Gasteiger charge is 2.42. The predicted octanol–water partition coefficient (Wildman–Crippen LogP) is 2.99. The smallest absolute Gasteiger partial charge is 0.305 e. The number of esters is 1. The van der Waals surface area contributed by atoms with E-state index in [1.807, 2.05) is 4.90 Å². The van der Waals surface area contributed by atoms with Crippen molar-refractivity contribution in [3.8, 4) is 5.75 Å². The third kappa shape index (κ3) is 5.47. The maximum Gasteiger partial charge on any atom is 0.305 e. The van der Waals surface area contributed by atoms with Crippen molar-refractivity contribution >= 4 is 11.9 Å². The van der Waals surface area contributed by atoms with Gasteiger partial charge in [0.05, 0.1) is 14.2 Å². The summed E-state index contributed by atoms with van der Waals surface area (Å²) >= 11 is 0. The lowest BCUT2D eigenvalue weighted by atomic mass is 9.79. The first-order valence-electron chi connectivity index (χ1n) is 10.3. The van der Waals surface area contributed by atoms with Crippen LogP contribution >= 0.6 is 0 Å². The third-order valence-electron chi connectivity index (χ3n) is 6.18. The van der Waals surface area contributed by atoms with Crippen molar-refractivity contribution in [1.82, 2.24) is 9.80 Å². The summed E-state index contributed by atoms with van der Waals surface area (Å²) in [5.74, 6) is 0.294. The molecule has 1 aromatic rings. The minimum Gasteiger partial charge on any atom is -0.497 e. The quantitative estimate of drug-likeness (QED) is 0.652. The highest BCUT2D eigenvalue weighted by Crippen LogP contribution is 2.39. The van der Waals surface area contributed by atoms with Gasteiger partial charge in [-0.1, -0.05) is 0 Å². The normalized spacial score (nSPS) is 22.1. The van der Waals surface area contributed by atoms with Gasteiger partial charge in [0.1, 0.15) is 11.6 Å². The Morgan fingerprint density at radius 2 is 1.97 bits per heavy atom. The summed E-state index contributed by atoms with van der Waals surface area (Å²) in [5, 5.41) is 0. The zero-order valence-electron chi connectivity index (χ0n) is 17.4. The number of likely N-dealkylation sites (tertiary alicyclic amines) is 2. The highest BCUT2D eigenvalue weighted by atomic mass is 19.1. The van der Waals surface area contributed by atoms with Gasteiger partial charge < -0.3 is 14.4 Å². The fourth-order valence-corrected chi connectivity index (χ4v) is 4.61. The van der Waals surface area contributed by atoms with Gasteiger partial charge in [0.25, 0.3) is 0 Å². The largest absolute Gasteiger partial charge is 0.497 e. The zero-order valence-corrected chi connectivity index (χ0v) is 17.4. The van der Waals surface area contributed by atoms with E-state index in [0.717, 1.165) is 45.4 Å². The molecule has 0 N–H and O–H groups in total. The molecule has 1 aromatic carbocycles. The Kier molecular flexibility index (Phi) is 7.11. The number of carbonyl (C=O) groups excluding carboxylic acids is 2. The number of methoxy groups -OCH3 is 2. The molecule has 2 aliphatic rings. The second-order valence-electron chi connectivity index (χ2n) is 8.27. The topological polar surface area (TPSA) is 59.1 Å². The van der Waals surface area contributed by atoms with E-state index in [-0.39, 0.29) is 29.5 Å². The van der Waals surface area contributed by atoms with Crippen LogP contribution in [0.15, 0.2) is 18.2 Å². The number of amides is 1. The monoisotopic (exact) mass is 406 g/mol. The Labute approximate surface area is 171 Å². The van der Waals surface area contributed by atoms with Crippen molar-refractivity contribution in [2.24, 2.45) is 5.41 Å². The van der Waals surface area contributed by atoms with E-state index in [9.17, 15) is 14.0 Å². The van der Waals surface area contributed by atoms with Crippen molar-refractivity contribution in [2.45, 2.75) is 45.1 Å². The number of hydrogen-bond donors (Lipinski definition) is 0. The average Bonchev–Trinajstić information content (AvgIpc) is 3.12. The zero-order chi connectivity index (χ0) is 20.9. The van der Waals surface area contributed by atoms with Crippen LogP contribution in [0.4, 0.5) is 4.39 Å². The molecule has 29 heavy (non-hydrogen) atoms. The highest BCUT2D eigenvalue weighted by molar-refractivity contribution is 5.77. The fraction of sp³-hybridized carbons (Fsp3) is 0.636. The van der Waals surface area contributed by atoms with Crippen molar-refractivity contribution in [2.75, 3.05) is 40.4 Å². The van der Waals surface area contributed by atoms with Gasteiger partial charge in [-0.15, -0.1) is 0 Å². The van der Waals surface area contributed by atoms with E-state index in [4.69, 9.17) is 4.74 Å². The lowest BCUT2D eigenvalue weighted by molar-refractivity contribution is -0.140. The van der Waals surface area contributed by atoms with Gasteiger partial charge in [0.15, 0.2) is 0 Å². The maximum atomic E-state index is 14.2. The molecule has 1 atom stereocenters. The Morgan fingerprint density at radius 3 is 2.72 bits per heavy atom. The summed E-state index contributed by atoms with van der Waals surface area (Å²) in [6.07, 6.45) is 4.31. The van der Waals surface area contributed by atoms with Gasteiger partial charge in [0, 0.05) is 50.0 Å². The van der Waals surface area contributed by atoms with Crippen LogP contribution in [0.1, 0.15) is 44.1 Å². The average molecular weight is 406 g/mol. The number of ether oxygens (including phenoxy) is 2. The molecule has 0 bridgehead atoms. The van der Waals surface area contributed by atoms with E-state index in [0.29, 0.717) is 30.7 Å². The molecule has 0 radical (unpaired) electrons. The molecule has 1 spiro atoms. The van der Waals surface area contributed by atoms with Crippen LogP contribution in [-0.4, -0.2) is 62.1 Å². The molecular formula is C22H31FN2O4. The molecule has 0 saturated carbocycles. The summed E-state index contributed by atoms with van der Waals surface area (Å²) in [6, 6.07) is 4.86. The van der Waals surface area contributed by atoms with Gasteiger partial charge in [-0.25, -0.2) is 4.39 Å². The third-order valence-corrected chi connectivity index (χ3v) is 6.18. The van der Waals surface area contributed by atoms with E-state index in [1.165, 1.54) is 13.2 Å². The Balaban J connectivity index is 1.55. The maximum absolute atomic E-state index is 14.2. The summed E-state index contributed by atoms with van der Waals surface area (Å²) < 4.78 is 24.1. The van der Waals surface area contributed by atoms with Crippen LogP contribution in [0.3, 0.4) is 0 Å². The van der Waals surface area contributed by atoms with Crippen LogP contribution < -0.4 is 4.74 Å². The van der Waals surface area contributed by atoms with Gasteiger partial charge in [-0.05, 0) is 50.4 Å². The molecule has 2 saturated heterocycles. The van der Waals surface area contributed by atoms with Crippen LogP contribution in [0.5, 0.6) is 5.75 Å². The predicted molar refractivity (Wildman–Crippen MR) is 107 cm³/mol. The molecule has 2 aliphatic heterocycles. The van der Waals surface area contributed by atoms with Crippen molar-refractivity contribution < 1.29 is 23.5 Å². The standard InChI is InChI=1S/C22H31FN2O4/c1-28-18-7-8-19(23)17(13-18)14-24-11-4-9-22(15-24)10-12-25(16-22)20(26)5-3-6-21(27)29-2/h7-8,13H,3-6,9-12,14-16H2,1-2H3. The number of piperidine rings is 1. The van der Waals surface area contributed by atoms with Crippen LogP contribution in [-0.2, 0) is 20.9 Å². The summed E-state index contributed by atoms with van der Waals surface area (Å²) in [4.78, 5) is 28.0. The first-order chi connectivity index (χ1) is 13.9. The van der Waals surface area contributed by atoms with Crippen LogP contribution in [0, 0.1) is 11.2 Å². The van der Waals surface area contributed by atoms with E-state index in [2.05, 4.69) is 9.64 Å². The lowest BCUT2D eigenvalue weighted by Gasteiger charge is -2.40. The molecule has 0 aliphatic carbocycles. The van der Waals surface area contributed by atoms with E-state index >= 15 is 0 Å². The van der Waals surface area contributed by atoms with Crippen LogP contribution in [0.25, 0.3) is 0 Å². The molecule has 7 heteroatoms. The van der Waals surface area contributed by atoms with Gasteiger partial charge >= 0.3 is 5.97 Å². The Bertz CT molecular complexity index is 742. The van der Waals surface area contributed by atoms with Crippen molar-refractivity contribution in [3.63, 3.8) is 0 Å². The molecule has 1 amide bonds. The van der Waals surface area contributed by atoms with Crippen molar-refractivity contribution in [3.05, 3.63) is 29.6 Å². The molecule has 6 nitrogen and oxygen atoms in total. The molecule has 3 rings (SSSR count). The molecule has 2 heterocycles. The first kappa shape index (κ1) is 21.6. The van der Waals surface area contributed by atoms with Gasteiger partial charge in [-0.3, -0.25) is 14.5 Å².